The van der Waals surface area contributed by atoms with Crippen LogP contribution in [0.1, 0.15) is 24.8 Å². The quantitative estimate of drug-likeness (QED) is 0.637. The highest BCUT2D eigenvalue weighted by Gasteiger charge is 2.23. The molecule has 2 heterocycles. The zero-order valence-electron chi connectivity index (χ0n) is 15.0. The minimum atomic E-state index is -0.935. The van der Waals surface area contributed by atoms with Crippen molar-refractivity contribution < 1.29 is 23.3 Å². The summed E-state index contributed by atoms with van der Waals surface area (Å²) in [5.74, 6) is 0.224. The largest absolute Gasteiger partial charge is 0.452 e. The van der Waals surface area contributed by atoms with Crippen LogP contribution in [0.2, 0.25) is 0 Å². The number of nitrogens with zero attached hydrogens (tertiary/aromatic N) is 2. The molecule has 1 amide bonds. The molecule has 1 aromatic carbocycles. The van der Waals surface area contributed by atoms with Gasteiger partial charge in [0.15, 0.2) is 11.9 Å². The summed E-state index contributed by atoms with van der Waals surface area (Å²) in [6.07, 6.45) is 0.698. The fourth-order valence-electron chi connectivity index (χ4n) is 2.40. The van der Waals surface area contributed by atoms with Crippen molar-refractivity contribution >= 4 is 17.7 Å². The van der Waals surface area contributed by atoms with Gasteiger partial charge in [0.25, 0.3) is 5.91 Å². The first-order valence-corrected chi connectivity index (χ1v) is 8.48. The van der Waals surface area contributed by atoms with Crippen molar-refractivity contribution in [3.8, 4) is 11.5 Å². The average Bonchev–Trinajstić information content (AvgIpc) is 3.29. The second kappa shape index (κ2) is 8.31. The third-order valence-electron chi connectivity index (χ3n) is 3.71. The Labute approximate surface area is 155 Å². The molecule has 0 fully saturated rings. The van der Waals surface area contributed by atoms with E-state index in [1.807, 2.05) is 30.3 Å². The van der Waals surface area contributed by atoms with E-state index in [1.165, 1.54) is 6.26 Å². The number of aryl methyl sites for hydroxylation is 1. The number of ether oxygens (including phenoxy) is 1. The monoisotopic (exact) mass is 369 g/mol. The molecule has 0 saturated carbocycles. The van der Waals surface area contributed by atoms with E-state index < -0.39 is 18.0 Å². The molecule has 8 heteroatoms. The van der Waals surface area contributed by atoms with Gasteiger partial charge in [0.2, 0.25) is 5.89 Å². The van der Waals surface area contributed by atoms with Crippen LogP contribution in [0, 0.1) is 6.92 Å². The van der Waals surface area contributed by atoms with Gasteiger partial charge < -0.3 is 19.0 Å². The van der Waals surface area contributed by atoms with Crippen LogP contribution in [0.4, 0.5) is 5.82 Å². The summed E-state index contributed by atoms with van der Waals surface area (Å²) >= 11 is 0. The van der Waals surface area contributed by atoms with Gasteiger partial charge in [0.05, 0.1) is 12.1 Å². The number of hydrogen-bond acceptors (Lipinski definition) is 7. The summed E-state index contributed by atoms with van der Waals surface area (Å²) in [4.78, 5) is 28.7. The lowest BCUT2D eigenvalue weighted by molar-refractivity contribution is -0.153. The summed E-state index contributed by atoms with van der Waals surface area (Å²) in [7, 11) is 0. The van der Waals surface area contributed by atoms with Crippen molar-refractivity contribution in [3.05, 3.63) is 54.1 Å². The Bertz CT molecular complexity index is 916. The Balaban J connectivity index is 1.57. The number of anilines is 1. The van der Waals surface area contributed by atoms with E-state index in [-0.39, 0.29) is 12.2 Å². The van der Waals surface area contributed by atoms with Crippen molar-refractivity contribution in [2.45, 2.75) is 32.8 Å². The van der Waals surface area contributed by atoms with E-state index in [2.05, 4.69) is 15.5 Å². The molecule has 3 rings (SSSR count). The molecular weight excluding hydrogens is 350 g/mol. The van der Waals surface area contributed by atoms with Gasteiger partial charge in [-0.1, -0.05) is 30.3 Å². The maximum Gasteiger partial charge on any atom is 0.312 e. The standard InChI is InChI=1S/C19H19N3O5/c1-3-15(18(24)21-16-9-12(2)27-22-16)26-17(23)10-14-11-25-19(20-14)13-7-5-4-6-8-13/h4-9,11,15H,3,10H2,1-2H3,(H,21,22,24). The molecule has 0 aliphatic carbocycles. The van der Waals surface area contributed by atoms with Crippen LogP contribution in [-0.4, -0.2) is 28.1 Å². The summed E-state index contributed by atoms with van der Waals surface area (Å²) in [5.41, 5.74) is 1.24. The maximum absolute atomic E-state index is 12.2. The number of esters is 1. The molecule has 140 valence electrons. The molecule has 0 aliphatic rings. The Kier molecular flexibility index (Phi) is 5.65. The number of benzene rings is 1. The van der Waals surface area contributed by atoms with E-state index in [1.54, 1.807) is 19.9 Å². The van der Waals surface area contributed by atoms with Gasteiger partial charge in [-0.25, -0.2) is 4.98 Å². The summed E-state index contributed by atoms with van der Waals surface area (Å²) < 4.78 is 15.5. The number of nitrogens with one attached hydrogen (secondary N) is 1. The Hall–Kier alpha value is -3.42. The Morgan fingerprint density at radius 2 is 2.04 bits per heavy atom. The van der Waals surface area contributed by atoms with Gasteiger partial charge in [-0.2, -0.15) is 0 Å². The average molecular weight is 369 g/mol. The number of amides is 1. The third-order valence-corrected chi connectivity index (χ3v) is 3.71. The molecule has 27 heavy (non-hydrogen) atoms. The SMILES string of the molecule is CCC(OC(=O)Cc1coc(-c2ccccc2)n1)C(=O)Nc1cc(C)on1. The smallest absolute Gasteiger partial charge is 0.312 e. The van der Waals surface area contributed by atoms with Crippen molar-refractivity contribution in [2.24, 2.45) is 0 Å². The van der Waals surface area contributed by atoms with E-state index in [4.69, 9.17) is 13.7 Å². The van der Waals surface area contributed by atoms with Crippen LogP contribution >= 0.6 is 0 Å². The summed E-state index contributed by atoms with van der Waals surface area (Å²) in [6.45, 7) is 3.46. The molecule has 0 radical (unpaired) electrons. The predicted octanol–water partition coefficient (Wildman–Crippen LogP) is 3.14. The van der Waals surface area contributed by atoms with Crippen LogP contribution in [0.15, 0.2) is 51.6 Å². The number of oxazole rings is 1. The molecule has 0 aliphatic heterocycles. The van der Waals surface area contributed by atoms with E-state index in [9.17, 15) is 9.59 Å². The number of carbonyl (C=O) groups is 2. The molecule has 8 nitrogen and oxygen atoms in total. The molecule has 1 N–H and O–H groups in total. The zero-order valence-corrected chi connectivity index (χ0v) is 15.0. The van der Waals surface area contributed by atoms with Crippen molar-refractivity contribution in [2.75, 3.05) is 5.32 Å². The van der Waals surface area contributed by atoms with Crippen LogP contribution in [0.3, 0.4) is 0 Å². The molecule has 2 aromatic heterocycles. The minimum Gasteiger partial charge on any atom is -0.452 e. The van der Waals surface area contributed by atoms with E-state index in [0.717, 1.165) is 5.56 Å². The van der Waals surface area contributed by atoms with Crippen molar-refractivity contribution in [3.63, 3.8) is 0 Å². The normalized spacial score (nSPS) is 11.8. The second-order valence-corrected chi connectivity index (χ2v) is 5.89. The van der Waals surface area contributed by atoms with Gasteiger partial charge in [0, 0.05) is 11.6 Å². The summed E-state index contributed by atoms with van der Waals surface area (Å²) in [5, 5.41) is 6.23. The highest BCUT2D eigenvalue weighted by atomic mass is 16.5. The van der Waals surface area contributed by atoms with Gasteiger partial charge in [-0.15, -0.1) is 0 Å². The summed E-state index contributed by atoms with van der Waals surface area (Å²) in [6, 6.07) is 10.9. The minimum absolute atomic E-state index is 0.0941. The Morgan fingerprint density at radius 3 is 2.70 bits per heavy atom. The first-order valence-electron chi connectivity index (χ1n) is 8.48. The fourth-order valence-corrected chi connectivity index (χ4v) is 2.40. The predicted molar refractivity (Wildman–Crippen MR) is 95.7 cm³/mol. The van der Waals surface area contributed by atoms with Gasteiger partial charge in [-0.05, 0) is 25.5 Å². The molecule has 0 saturated heterocycles. The van der Waals surface area contributed by atoms with Gasteiger partial charge in [0.1, 0.15) is 12.0 Å². The zero-order chi connectivity index (χ0) is 19.2. The van der Waals surface area contributed by atoms with E-state index in [0.29, 0.717) is 23.8 Å². The number of aromatic nitrogens is 2. The van der Waals surface area contributed by atoms with Gasteiger partial charge >= 0.3 is 5.97 Å². The first kappa shape index (κ1) is 18.4. The maximum atomic E-state index is 12.2. The topological polar surface area (TPSA) is 107 Å². The molecule has 1 atom stereocenters. The van der Waals surface area contributed by atoms with Crippen molar-refractivity contribution in [1.82, 2.24) is 10.1 Å². The highest BCUT2D eigenvalue weighted by molar-refractivity contribution is 5.94. The number of rotatable bonds is 7. The molecule has 0 spiro atoms. The fraction of sp³-hybridized carbons (Fsp3) is 0.263. The Morgan fingerprint density at radius 1 is 1.26 bits per heavy atom. The van der Waals surface area contributed by atoms with Gasteiger partial charge in [-0.3, -0.25) is 9.59 Å². The lowest BCUT2D eigenvalue weighted by Gasteiger charge is -2.14. The highest BCUT2D eigenvalue weighted by Crippen LogP contribution is 2.18. The van der Waals surface area contributed by atoms with Crippen LogP contribution < -0.4 is 5.32 Å². The second-order valence-electron chi connectivity index (χ2n) is 5.89. The van der Waals surface area contributed by atoms with Crippen LogP contribution in [-0.2, 0) is 20.7 Å². The number of hydrogen-bond donors (Lipinski definition) is 1. The lowest BCUT2D eigenvalue weighted by atomic mass is 10.2. The van der Waals surface area contributed by atoms with Crippen molar-refractivity contribution in [1.29, 1.82) is 0 Å². The lowest BCUT2D eigenvalue weighted by Crippen LogP contribution is -2.32. The third kappa shape index (κ3) is 4.81. The first-order chi connectivity index (χ1) is 13.0. The molecule has 3 aromatic rings. The van der Waals surface area contributed by atoms with Crippen LogP contribution in [0.5, 0.6) is 0 Å². The molecular formula is C19H19N3O5. The molecule has 1 unspecified atom stereocenters. The molecule has 0 bridgehead atoms. The van der Waals surface area contributed by atoms with Crippen LogP contribution in [0.25, 0.3) is 11.5 Å². The van der Waals surface area contributed by atoms with E-state index >= 15 is 0 Å². The number of carbonyl (C=O) groups excluding carboxylic acids is 2.